The van der Waals surface area contributed by atoms with Crippen molar-refractivity contribution in [2.24, 2.45) is 5.92 Å². The van der Waals surface area contributed by atoms with Crippen molar-refractivity contribution in [1.29, 1.82) is 0 Å². The Bertz CT molecular complexity index is 750. The van der Waals surface area contributed by atoms with Gasteiger partial charge in [0.25, 0.3) is 0 Å². The van der Waals surface area contributed by atoms with E-state index in [1.54, 1.807) is 24.3 Å². The number of hydrogen-bond acceptors (Lipinski definition) is 3. The van der Waals surface area contributed by atoms with E-state index >= 15 is 0 Å². The number of ether oxygens (including phenoxy) is 1. The average Bonchev–Trinajstić information content (AvgIpc) is 2.98. The molecule has 1 unspecified atom stereocenters. The summed E-state index contributed by atoms with van der Waals surface area (Å²) in [5.74, 6) is -1.39. The summed E-state index contributed by atoms with van der Waals surface area (Å²) in [5, 5.41) is 0. The molecule has 1 fully saturated rings. The molecule has 1 heterocycles. The van der Waals surface area contributed by atoms with Crippen LogP contribution in [0.1, 0.15) is 6.42 Å². The Labute approximate surface area is 161 Å². The van der Waals surface area contributed by atoms with Crippen molar-refractivity contribution in [2.75, 3.05) is 0 Å². The highest BCUT2D eigenvalue weighted by atomic mass is 16.6. The van der Waals surface area contributed by atoms with Crippen molar-refractivity contribution in [3.8, 4) is 0 Å². The molecule has 1 aliphatic heterocycles. The van der Waals surface area contributed by atoms with Crippen LogP contribution >= 0.6 is 0 Å². The molecule has 0 spiro atoms. The van der Waals surface area contributed by atoms with Gasteiger partial charge in [-0.1, -0.05) is 122 Å². The third-order valence-electron chi connectivity index (χ3n) is 3.16. The highest BCUT2D eigenvalue weighted by Crippen LogP contribution is 2.16. The molecule has 0 bridgehead atoms. The molecule has 0 aromatic carbocycles. The molecular formula is C24H24O3. The topological polar surface area (TPSA) is 43.4 Å². The third-order valence-corrected chi connectivity index (χ3v) is 3.16. The Morgan fingerprint density at radius 3 is 1.33 bits per heavy atom. The molecule has 27 heavy (non-hydrogen) atoms. The Hall–Kier alpha value is -3.46. The Balaban J connectivity index is 2.20. The van der Waals surface area contributed by atoms with Crippen molar-refractivity contribution in [1.82, 2.24) is 0 Å². The van der Waals surface area contributed by atoms with Gasteiger partial charge >= 0.3 is 11.9 Å². The summed E-state index contributed by atoms with van der Waals surface area (Å²) in [6, 6.07) is 0. The van der Waals surface area contributed by atoms with Crippen LogP contribution < -0.4 is 0 Å². The predicted molar refractivity (Wildman–Crippen MR) is 112 cm³/mol. The summed E-state index contributed by atoms with van der Waals surface area (Å²) in [6.07, 6.45) is 35.8. The highest BCUT2D eigenvalue weighted by Gasteiger charge is 2.30. The molecule has 0 aromatic rings. The fraction of sp³-hybridized carbons (Fsp3) is 0.0833. The lowest BCUT2D eigenvalue weighted by Gasteiger charge is -1.91. The van der Waals surface area contributed by atoms with Crippen LogP contribution in [-0.2, 0) is 14.3 Å². The molecular weight excluding hydrogens is 336 g/mol. The van der Waals surface area contributed by atoms with Crippen LogP contribution in [0.4, 0.5) is 0 Å². The fourth-order valence-electron chi connectivity index (χ4n) is 1.88. The number of esters is 2. The molecule has 0 N–H and O–H groups in total. The van der Waals surface area contributed by atoms with E-state index < -0.39 is 17.9 Å². The first-order valence-electron chi connectivity index (χ1n) is 8.61. The lowest BCUT2D eigenvalue weighted by molar-refractivity contribution is -0.152. The molecule has 3 nitrogen and oxygen atoms in total. The number of cyclic esters (lactones) is 2. The van der Waals surface area contributed by atoms with Gasteiger partial charge in [-0.15, -0.1) is 0 Å². The maximum absolute atomic E-state index is 11.2. The standard InChI is InChI=1S/C24H24O3/c1-2-3-4-5-6-7-8-9-10-11-12-13-14-15-16-17-18-19-20-22-21-23(25)27-24(22)26/h2-20,22H,1,21H2. The molecule has 0 amide bonds. The van der Waals surface area contributed by atoms with Gasteiger partial charge in [-0.25, -0.2) is 0 Å². The molecule has 3 heteroatoms. The normalized spacial score (nSPS) is 19.3. The zero-order valence-electron chi connectivity index (χ0n) is 15.2. The van der Waals surface area contributed by atoms with Crippen molar-refractivity contribution in [3.05, 3.63) is 122 Å². The Morgan fingerprint density at radius 2 is 1.00 bits per heavy atom. The minimum Gasteiger partial charge on any atom is -0.393 e. The monoisotopic (exact) mass is 360 g/mol. The highest BCUT2D eigenvalue weighted by molar-refractivity contribution is 5.95. The summed E-state index contributed by atoms with van der Waals surface area (Å²) in [7, 11) is 0. The Morgan fingerprint density at radius 1 is 0.630 bits per heavy atom. The first-order chi connectivity index (χ1) is 13.2. The summed E-state index contributed by atoms with van der Waals surface area (Å²) in [6.45, 7) is 3.59. The minimum atomic E-state index is -0.475. The lowest BCUT2D eigenvalue weighted by atomic mass is 10.1. The summed E-state index contributed by atoms with van der Waals surface area (Å²) in [5.41, 5.74) is 0. The summed E-state index contributed by atoms with van der Waals surface area (Å²) < 4.78 is 4.46. The number of allylic oxidation sites excluding steroid dienone is 18. The fourth-order valence-corrected chi connectivity index (χ4v) is 1.88. The van der Waals surface area contributed by atoms with Gasteiger partial charge in [0, 0.05) is 0 Å². The number of hydrogen-bond donors (Lipinski definition) is 0. The van der Waals surface area contributed by atoms with Gasteiger partial charge in [0.2, 0.25) is 0 Å². The molecule has 1 saturated heterocycles. The second-order valence-corrected chi connectivity index (χ2v) is 5.30. The van der Waals surface area contributed by atoms with E-state index in [0.29, 0.717) is 0 Å². The zero-order valence-corrected chi connectivity index (χ0v) is 15.2. The van der Waals surface area contributed by atoms with Crippen LogP contribution in [0.5, 0.6) is 0 Å². The molecule has 0 aliphatic carbocycles. The molecule has 1 atom stereocenters. The van der Waals surface area contributed by atoms with Gasteiger partial charge in [0.15, 0.2) is 0 Å². The van der Waals surface area contributed by atoms with E-state index in [0.717, 1.165) is 0 Å². The van der Waals surface area contributed by atoms with Gasteiger partial charge in [0.05, 0.1) is 12.3 Å². The summed E-state index contributed by atoms with van der Waals surface area (Å²) in [4.78, 5) is 22.2. The number of rotatable bonds is 10. The van der Waals surface area contributed by atoms with Crippen molar-refractivity contribution >= 4 is 11.9 Å². The van der Waals surface area contributed by atoms with Crippen LogP contribution in [0.2, 0.25) is 0 Å². The molecule has 0 radical (unpaired) electrons. The van der Waals surface area contributed by atoms with Gasteiger partial charge < -0.3 is 4.74 Å². The predicted octanol–water partition coefficient (Wildman–Crippen LogP) is 5.27. The minimum absolute atomic E-state index is 0.127. The van der Waals surface area contributed by atoms with Crippen LogP contribution in [0.25, 0.3) is 0 Å². The molecule has 1 aliphatic rings. The maximum atomic E-state index is 11.2. The first kappa shape index (κ1) is 21.6. The van der Waals surface area contributed by atoms with E-state index in [2.05, 4.69) is 11.3 Å². The smallest absolute Gasteiger partial charge is 0.321 e. The number of carbonyl (C=O) groups excluding carboxylic acids is 2. The third kappa shape index (κ3) is 11.7. The van der Waals surface area contributed by atoms with Crippen LogP contribution in [0.15, 0.2) is 122 Å². The van der Waals surface area contributed by atoms with E-state index in [4.69, 9.17) is 0 Å². The quantitative estimate of drug-likeness (QED) is 0.303. The van der Waals surface area contributed by atoms with Crippen LogP contribution in [0.3, 0.4) is 0 Å². The molecule has 1 rings (SSSR count). The zero-order chi connectivity index (χ0) is 19.6. The largest absolute Gasteiger partial charge is 0.393 e. The molecule has 138 valence electrons. The van der Waals surface area contributed by atoms with E-state index in [-0.39, 0.29) is 6.42 Å². The Kier molecular flexibility index (Phi) is 11.9. The van der Waals surface area contributed by atoms with E-state index in [9.17, 15) is 9.59 Å². The lowest BCUT2D eigenvalue weighted by Crippen LogP contribution is -2.03. The van der Waals surface area contributed by atoms with Gasteiger partial charge in [0.1, 0.15) is 0 Å². The van der Waals surface area contributed by atoms with Crippen LogP contribution in [-0.4, -0.2) is 11.9 Å². The van der Waals surface area contributed by atoms with Gasteiger partial charge in [-0.05, 0) is 0 Å². The second kappa shape index (κ2) is 14.8. The average molecular weight is 360 g/mol. The van der Waals surface area contributed by atoms with Gasteiger partial charge in [-0.3, -0.25) is 9.59 Å². The SMILES string of the molecule is C=CC=CC=CC=CC=CC=CC=CC=CC=CC=CC1CC(=O)OC1=O. The van der Waals surface area contributed by atoms with E-state index in [1.807, 2.05) is 91.1 Å². The van der Waals surface area contributed by atoms with Crippen LogP contribution in [0, 0.1) is 5.92 Å². The van der Waals surface area contributed by atoms with Crippen molar-refractivity contribution in [2.45, 2.75) is 6.42 Å². The number of carbonyl (C=O) groups is 2. The summed E-state index contributed by atoms with van der Waals surface area (Å²) >= 11 is 0. The van der Waals surface area contributed by atoms with Crippen molar-refractivity contribution < 1.29 is 14.3 Å². The molecule has 0 saturated carbocycles. The second-order valence-electron chi connectivity index (χ2n) is 5.30. The van der Waals surface area contributed by atoms with Crippen molar-refractivity contribution in [3.63, 3.8) is 0 Å². The van der Waals surface area contributed by atoms with Gasteiger partial charge in [-0.2, -0.15) is 0 Å². The molecule has 0 aromatic heterocycles. The van der Waals surface area contributed by atoms with E-state index in [1.165, 1.54) is 0 Å². The maximum Gasteiger partial charge on any atom is 0.321 e. The first-order valence-corrected chi connectivity index (χ1v) is 8.61.